The second-order valence-electron chi connectivity index (χ2n) is 5.26. The molecular formula is C16H15Cl2NO2S. The van der Waals surface area contributed by atoms with E-state index in [2.05, 4.69) is 11.0 Å². The number of anilines is 1. The topological polar surface area (TPSA) is 37.4 Å². The molecule has 3 rings (SSSR count). The van der Waals surface area contributed by atoms with Crippen LogP contribution >= 0.6 is 23.2 Å². The molecule has 116 valence electrons. The number of hydrogen-bond acceptors (Lipinski definition) is 3. The van der Waals surface area contributed by atoms with Gasteiger partial charge in [0.1, 0.15) is 0 Å². The van der Waals surface area contributed by atoms with Gasteiger partial charge in [-0.1, -0.05) is 41.4 Å². The number of halogens is 2. The molecule has 0 saturated carbocycles. The van der Waals surface area contributed by atoms with Crippen LogP contribution in [0.5, 0.6) is 0 Å². The quantitative estimate of drug-likeness (QED) is 0.836. The van der Waals surface area contributed by atoms with Crippen LogP contribution in [0.2, 0.25) is 10.0 Å². The Morgan fingerprint density at radius 1 is 1.09 bits per heavy atom. The lowest BCUT2D eigenvalue weighted by Gasteiger charge is -2.19. The van der Waals surface area contributed by atoms with E-state index in [-0.39, 0.29) is 15.7 Å². The van der Waals surface area contributed by atoms with Gasteiger partial charge < -0.3 is 4.90 Å². The number of para-hydroxylation sites is 1. The number of fused-ring (bicyclic) bond motifs is 1. The largest absolute Gasteiger partial charge is 0.370 e. The van der Waals surface area contributed by atoms with Crippen LogP contribution in [0.1, 0.15) is 5.56 Å². The predicted molar refractivity (Wildman–Crippen MR) is 90.9 cm³/mol. The van der Waals surface area contributed by atoms with Crippen LogP contribution in [0.25, 0.3) is 0 Å². The fourth-order valence-electron chi connectivity index (χ4n) is 2.69. The molecule has 22 heavy (non-hydrogen) atoms. The molecule has 0 amide bonds. The average molecular weight is 356 g/mol. The van der Waals surface area contributed by atoms with Crippen molar-refractivity contribution in [2.45, 2.75) is 11.3 Å². The van der Waals surface area contributed by atoms with Gasteiger partial charge >= 0.3 is 0 Å². The number of nitrogens with zero attached hydrogens (tertiary/aromatic N) is 1. The van der Waals surface area contributed by atoms with Crippen molar-refractivity contribution >= 4 is 38.7 Å². The van der Waals surface area contributed by atoms with Crippen LogP contribution in [0.15, 0.2) is 47.4 Å². The summed E-state index contributed by atoms with van der Waals surface area (Å²) in [7, 11) is -3.46. The first-order valence-electron chi connectivity index (χ1n) is 6.98. The maximum atomic E-state index is 12.5. The SMILES string of the molecule is O=S(=O)(CCN1CCc2ccccc21)c1cc(Cl)ccc1Cl. The summed E-state index contributed by atoms with van der Waals surface area (Å²) in [4.78, 5) is 2.21. The third kappa shape index (κ3) is 3.09. The van der Waals surface area contributed by atoms with E-state index in [0.717, 1.165) is 18.7 Å². The standard InChI is InChI=1S/C16H15Cl2NO2S/c17-13-5-6-14(18)16(11-13)22(20,21)10-9-19-8-7-12-3-1-2-4-15(12)19/h1-6,11H,7-10H2. The van der Waals surface area contributed by atoms with Crippen molar-refractivity contribution in [3.63, 3.8) is 0 Å². The summed E-state index contributed by atoms with van der Waals surface area (Å²) in [5, 5.41) is 0.584. The zero-order valence-corrected chi connectivity index (χ0v) is 14.1. The first-order valence-corrected chi connectivity index (χ1v) is 9.39. The third-order valence-corrected chi connectivity index (χ3v) is 6.25. The van der Waals surface area contributed by atoms with Crippen LogP contribution < -0.4 is 4.90 Å². The molecule has 0 bridgehead atoms. The van der Waals surface area contributed by atoms with Gasteiger partial charge in [-0.2, -0.15) is 0 Å². The Morgan fingerprint density at radius 3 is 2.68 bits per heavy atom. The second kappa shape index (κ2) is 6.11. The Labute approximate surface area is 140 Å². The first kappa shape index (κ1) is 15.7. The Kier molecular flexibility index (Phi) is 4.35. The zero-order valence-electron chi connectivity index (χ0n) is 11.8. The molecule has 3 nitrogen and oxygen atoms in total. The molecule has 1 aliphatic rings. The smallest absolute Gasteiger partial charge is 0.181 e. The lowest BCUT2D eigenvalue weighted by molar-refractivity contribution is 0.595. The van der Waals surface area contributed by atoms with Crippen LogP contribution in [-0.4, -0.2) is 27.3 Å². The van der Waals surface area contributed by atoms with Crippen molar-refractivity contribution in [2.24, 2.45) is 0 Å². The van der Waals surface area contributed by atoms with Crippen LogP contribution in [0.4, 0.5) is 5.69 Å². The van der Waals surface area contributed by atoms with Crippen LogP contribution in [0.3, 0.4) is 0 Å². The van der Waals surface area contributed by atoms with Gasteiger partial charge in [-0.3, -0.25) is 0 Å². The maximum Gasteiger partial charge on any atom is 0.181 e. The Bertz CT molecular complexity index is 806. The highest BCUT2D eigenvalue weighted by molar-refractivity contribution is 7.91. The molecular weight excluding hydrogens is 341 g/mol. The molecule has 0 atom stereocenters. The summed E-state index contributed by atoms with van der Waals surface area (Å²) in [5.41, 5.74) is 2.38. The van der Waals surface area contributed by atoms with E-state index >= 15 is 0 Å². The van der Waals surface area contributed by atoms with Crippen LogP contribution in [-0.2, 0) is 16.3 Å². The lowest BCUT2D eigenvalue weighted by atomic mass is 10.2. The Hall–Kier alpha value is -1.23. The summed E-state index contributed by atoms with van der Waals surface area (Å²) in [6, 6.07) is 12.6. The minimum Gasteiger partial charge on any atom is -0.370 e. The number of sulfone groups is 1. The molecule has 1 aliphatic heterocycles. The van der Waals surface area contributed by atoms with E-state index in [9.17, 15) is 8.42 Å². The van der Waals surface area contributed by atoms with Gasteiger partial charge in [0.05, 0.1) is 15.7 Å². The van der Waals surface area contributed by atoms with Gasteiger partial charge in [-0.15, -0.1) is 0 Å². The highest BCUT2D eigenvalue weighted by atomic mass is 35.5. The molecule has 0 aromatic heterocycles. The van der Waals surface area contributed by atoms with Gasteiger partial charge in [0.25, 0.3) is 0 Å². The van der Waals surface area contributed by atoms with E-state index in [1.165, 1.54) is 17.7 Å². The number of benzene rings is 2. The van der Waals surface area contributed by atoms with E-state index < -0.39 is 9.84 Å². The monoisotopic (exact) mass is 355 g/mol. The minimum absolute atomic E-state index is 0.0153. The first-order chi connectivity index (χ1) is 10.5. The Balaban J connectivity index is 1.78. The molecule has 6 heteroatoms. The van der Waals surface area contributed by atoms with Crippen molar-refractivity contribution in [1.82, 2.24) is 0 Å². The zero-order chi connectivity index (χ0) is 15.7. The highest BCUT2D eigenvalue weighted by Gasteiger charge is 2.23. The van der Waals surface area contributed by atoms with Gasteiger partial charge in [-0.05, 0) is 36.2 Å². The normalized spacial score (nSPS) is 14.2. The van der Waals surface area contributed by atoms with Crippen molar-refractivity contribution in [2.75, 3.05) is 23.7 Å². The molecule has 0 unspecified atom stereocenters. The summed E-state index contributed by atoms with van der Waals surface area (Å²) < 4.78 is 25.0. The molecule has 2 aromatic rings. The van der Waals surface area contributed by atoms with E-state index in [0.29, 0.717) is 11.6 Å². The summed E-state index contributed by atoms with van der Waals surface area (Å²) in [6.45, 7) is 1.29. The van der Waals surface area contributed by atoms with Crippen molar-refractivity contribution < 1.29 is 8.42 Å². The van der Waals surface area contributed by atoms with Gasteiger partial charge in [-0.25, -0.2) is 8.42 Å². The number of rotatable bonds is 4. The summed E-state index contributed by atoms with van der Waals surface area (Å²) in [6.07, 6.45) is 0.953. The second-order valence-corrected chi connectivity index (χ2v) is 8.18. The number of hydrogen-bond donors (Lipinski definition) is 0. The van der Waals surface area contributed by atoms with Gasteiger partial charge in [0.15, 0.2) is 9.84 Å². The van der Waals surface area contributed by atoms with Gasteiger partial charge in [0.2, 0.25) is 0 Å². The fourth-order valence-corrected chi connectivity index (χ4v) is 4.75. The van der Waals surface area contributed by atoms with E-state index in [1.807, 2.05) is 18.2 Å². The predicted octanol–water partition coefficient (Wildman–Crippen LogP) is 3.83. The van der Waals surface area contributed by atoms with Crippen LogP contribution in [0, 0.1) is 0 Å². The fraction of sp³-hybridized carbons (Fsp3) is 0.250. The lowest BCUT2D eigenvalue weighted by Crippen LogP contribution is -2.27. The van der Waals surface area contributed by atoms with Crippen molar-refractivity contribution in [3.05, 3.63) is 58.1 Å². The van der Waals surface area contributed by atoms with Crippen molar-refractivity contribution in [1.29, 1.82) is 0 Å². The summed E-state index contributed by atoms with van der Waals surface area (Å²) >= 11 is 11.9. The Morgan fingerprint density at radius 2 is 1.86 bits per heavy atom. The van der Waals surface area contributed by atoms with E-state index in [1.54, 1.807) is 6.07 Å². The maximum absolute atomic E-state index is 12.5. The molecule has 0 radical (unpaired) electrons. The molecule has 0 N–H and O–H groups in total. The van der Waals surface area contributed by atoms with Crippen molar-refractivity contribution in [3.8, 4) is 0 Å². The molecule has 1 heterocycles. The molecule has 0 aliphatic carbocycles. The summed E-state index contributed by atoms with van der Waals surface area (Å²) in [5.74, 6) is 0.0153. The molecule has 0 spiro atoms. The van der Waals surface area contributed by atoms with E-state index in [4.69, 9.17) is 23.2 Å². The average Bonchev–Trinajstić information content (AvgIpc) is 2.91. The molecule has 0 saturated heterocycles. The third-order valence-electron chi connectivity index (χ3n) is 3.84. The minimum atomic E-state index is -3.46. The molecule has 0 fully saturated rings. The van der Waals surface area contributed by atoms with Gasteiger partial charge in [0, 0.05) is 23.8 Å². The molecule has 2 aromatic carbocycles. The highest BCUT2D eigenvalue weighted by Crippen LogP contribution is 2.29.